The summed E-state index contributed by atoms with van der Waals surface area (Å²) in [5.74, 6) is 0.338. The SMILES string of the molecule is CCC1OCCC1CNCC(Br)C(=O)OC. The first-order valence-corrected chi connectivity index (χ1v) is 6.64. The molecule has 3 unspecified atom stereocenters. The van der Waals surface area contributed by atoms with Gasteiger partial charge in [-0.15, -0.1) is 0 Å². The Balaban J connectivity index is 2.17. The second-order valence-corrected chi connectivity index (χ2v) is 5.12. The predicted octanol–water partition coefficient (Wildman–Crippen LogP) is 1.33. The van der Waals surface area contributed by atoms with Gasteiger partial charge in [-0.2, -0.15) is 0 Å². The van der Waals surface area contributed by atoms with Gasteiger partial charge in [0.25, 0.3) is 0 Å². The van der Waals surface area contributed by atoms with Crippen molar-refractivity contribution in [3.05, 3.63) is 0 Å². The molecule has 0 aromatic rings. The quantitative estimate of drug-likeness (QED) is 0.593. The molecule has 0 bridgehead atoms. The lowest BCUT2D eigenvalue weighted by atomic mass is 10.00. The van der Waals surface area contributed by atoms with Crippen molar-refractivity contribution in [2.45, 2.75) is 30.7 Å². The summed E-state index contributed by atoms with van der Waals surface area (Å²) in [7, 11) is 1.40. The van der Waals surface area contributed by atoms with Gasteiger partial charge < -0.3 is 14.8 Å². The number of ether oxygens (including phenoxy) is 2. The lowest BCUT2D eigenvalue weighted by Gasteiger charge is -2.18. The van der Waals surface area contributed by atoms with Gasteiger partial charge in [0.05, 0.1) is 13.2 Å². The topological polar surface area (TPSA) is 47.6 Å². The van der Waals surface area contributed by atoms with Crippen molar-refractivity contribution in [2.75, 3.05) is 26.8 Å². The maximum atomic E-state index is 11.1. The van der Waals surface area contributed by atoms with E-state index in [0.29, 0.717) is 18.6 Å². The van der Waals surface area contributed by atoms with Crippen LogP contribution in [-0.2, 0) is 14.3 Å². The van der Waals surface area contributed by atoms with Crippen molar-refractivity contribution in [3.63, 3.8) is 0 Å². The number of carbonyl (C=O) groups excluding carboxylic acids is 1. The molecule has 16 heavy (non-hydrogen) atoms. The second kappa shape index (κ2) is 7.25. The number of esters is 1. The Morgan fingerprint density at radius 2 is 2.44 bits per heavy atom. The molecule has 1 aliphatic heterocycles. The Bertz CT molecular complexity index is 225. The molecule has 5 heteroatoms. The largest absolute Gasteiger partial charge is 0.468 e. The number of halogens is 1. The maximum absolute atomic E-state index is 11.1. The zero-order valence-electron chi connectivity index (χ0n) is 9.87. The molecule has 1 heterocycles. The molecule has 94 valence electrons. The highest BCUT2D eigenvalue weighted by molar-refractivity contribution is 9.10. The van der Waals surface area contributed by atoms with Crippen LogP contribution in [0.15, 0.2) is 0 Å². The van der Waals surface area contributed by atoms with Crippen LogP contribution in [0.3, 0.4) is 0 Å². The molecule has 1 aliphatic rings. The number of carbonyl (C=O) groups is 1. The van der Waals surface area contributed by atoms with E-state index >= 15 is 0 Å². The molecule has 0 aromatic carbocycles. The Labute approximate surface area is 105 Å². The predicted molar refractivity (Wildman–Crippen MR) is 65.7 cm³/mol. The fourth-order valence-corrected chi connectivity index (χ4v) is 2.40. The molecular formula is C11H20BrNO3. The third-order valence-corrected chi connectivity index (χ3v) is 3.63. The number of methoxy groups -OCH3 is 1. The summed E-state index contributed by atoms with van der Waals surface area (Å²) < 4.78 is 10.2. The van der Waals surface area contributed by atoms with Crippen LogP contribution in [0.25, 0.3) is 0 Å². The van der Waals surface area contributed by atoms with Crippen molar-refractivity contribution in [1.82, 2.24) is 5.32 Å². The Morgan fingerprint density at radius 3 is 3.06 bits per heavy atom. The maximum Gasteiger partial charge on any atom is 0.320 e. The molecule has 4 nitrogen and oxygen atoms in total. The zero-order chi connectivity index (χ0) is 12.0. The Morgan fingerprint density at radius 1 is 1.69 bits per heavy atom. The van der Waals surface area contributed by atoms with Crippen LogP contribution in [0.4, 0.5) is 0 Å². The highest BCUT2D eigenvalue weighted by Gasteiger charge is 2.26. The summed E-state index contributed by atoms with van der Waals surface area (Å²) in [6.45, 7) is 4.50. The molecule has 0 amide bonds. The smallest absolute Gasteiger partial charge is 0.320 e. The summed E-state index contributed by atoms with van der Waals surface area (Å²) >= 11 is 3.28. The van der Waals surface area contributed by atoms with E-state index in [1.54, 1.807) is 0 Å². The van der Waals surface area contributed by atoms with Gasteiger partial charge >= 0.3 is 5.97 Å². The van der Waals surface area contributed by atoms with Crippen LogP contribution in [0, 0.1) is 5.92 Å². The molecule has 0 spiro atoms. The van der Waals surface area contributed by atoms with Gasteiger partial charge in [-0.05, 0) is 18.8 Å². The normalized spacial score (nSPS) is 26.7. The van der Waals surface area contributed by atoms with Gasteiger partial charge in [0.2, 0.25) is 0 Å². The summed E-state index contributed by atoms with van der Waals surface area (Å²) in [6, 6.07) is 0. The van der Waals surface area contributed by atoms with Crippen molar-refractivity contribution < 1.29 is 14.3 Å². The lowest BCUT2D eigenvalue weighted by Crippen LogP contribution is -2.35. The Hall–Kier alpha value is -0.130. The summed E-state index contributed by atoms with van der Waals surface area (Å²) in [4.78, 5) is 10.9. The molecule has 1 rings (SSSR count). The molecule has 1 saturated heterocycles. The number of hydrogen-bond donors (Lipinski definition) is 1. The van der Waals surface area contributed by atoms with Crippen molar-refractivity contribution in [3.8, 4) is 0 Å². The minimum atomic E-state index is -0.264. The van der Waals surface area contributed by atoms with Gasteiger partial charge in [0.15, 0.2) is 0 Å². The van der Waals surface area contributed by atoms with E-state index in [4.69, 9.17) is 4.74 Å². The van der Waals surface area contributed by atoms with E-state index < -0.39 is 0 Å². The lowest BCUT2D eigenvalue weighted by molar-refractivity contribution is -0.139. The Kier molecular flexibility index (Phi) is 6.31. The molecule has 1 fully saturated rings. The average molecular weight is 294 g/mol. The highest BCUT2D eigenvalue weighted by atomic mass is 79.9. The van der Waals surface area contributed by atoms with Crippen LogP contribution < -0.4 is 5.32 Å². The van der Waals surface area contributed by atoms with E-state index in [1.165, 1.54) is 7.11 Å². The first-order valence-electron chi connectivity index (χ1n) is 5.73. The van der Waals surface area contributed by atoms with Crippen molar-refractivity contribution in [1.29, 1.82) is 0 Å². The molecular weight excluding hydrogens is 274 g/mol. The van der Waals surface area contributed by atoms with Gasteiger partial charge in [-0.3, -0.25) is 4.79 Å². The fraction of sp³-hybridized carbons (Fsp3) is 0.909. The summed E-state index contributed by atoms with van der Waals surface area (Å²) in [5.41, 5.74) is 0. The first kappa shape index (κ1) is 13.9. The van der Waals surface area contributed by atoms with E-state index in [1.807, 2.05) is 0 Å². The molecule has 1 N–H and O–H groups in total. The van der Waals surface area contributed by atoms with Gasteiger partial charge in [-0.25, -0.2) is 0 Å². The first-order chi connectivity index (χ1) is 7.69. The van der Waals surface area contributed by atoms with Crippen LogP contribution in [0.1, 0.15) is 19.8 Å². The van der Waals surface area contributed by atoms with Gasteiger partial charge in [0.1, 0.15) is 4.83 Å². The van der Waals surface area contributed by atoms with Crippen LogP contribution in [-0.4, -0.2) is 43.7 Å². The van der Waals surface area contributed by atoms with Crippen molar-refractivity contribution >= 4 is 21.9 Å². The minimum absolute atomic E-state index is 0.234. The number of nitrogens with one attached hydrogen (secondary N) is 1. The van der Waals surface area contributed by atoms with E-state index in [2.05, 4.69) is 32.9 Å². The van der Waals surface area contributed by atoms with E-state index in [0.717, 1.165) is 26.0 Å². The highest BCUT2D eigenvalue weighted by Crippen LogP contribution is 2.22. The zero-order valence-corrected chi connectivity index (χ0v) is 11.5. The second-order valence-electron chi connectivity index (χ2n) is 4.02. The fourth-order valence-electron chi connectivity index (χ4n) is 1.98. The number of hydrogen-bond acceptors (Lipinski definition) is 4. The van der Waals surface area contributed by atoms with Crippen LogP contribution in [0.2, 0.25) is 0 Å². The van der Waals surface area contributed by atoms with E-state index in [9.17, 15) is 4.79 Å². The third-order valence-electron chi connectivity index (χ3n) is 2.94. The standard InChI is InChI=1S/C11H20BrNO3/c1-3-10-8(4-5-16-10)6-13-7-9(12)11(14)15-2/h8-10,13H,3-7H2,1-2H3. The van der Waals surface area contributed by atoms with Crippen LogP contribution in [0.5, 0.6) is 0 Å². The molecule has 0 aliphatic carbocycles. The van der Waals surface area contributed by atoms with Gasteiger partial charge in [0, 0.05) is 19.7 Å². The number of rotatable bonds is 6. The summed E-state index contributed by atoms with van der Waals surface area (Å²) in [6.07, 6.45) is 2.54. The van der Waals surface area contributed by atoms with Crippen LogP contribution >= 0.6 is 15.9 Å². The molecule has 0 aromatic heterocycles. The average Bonchev–Trinajstić information content (AvgIpc) is 2.75. The third kappa shape index (κ3) is 4.03. The van der Waals surface area contributed by atoms with Gasteiger partial charge in [-0.1, -0.05) is 22.9 Å². The molecule has 3 atom stereocenters. The number of alkyl halides is 1. The monoisotopic (exact) mass is 293 g/mol. The van der Waals surface area contributed by atoms with Crippen molar-refractivity contribution in [2.24, 2.45) is 5.92 Å². The minimum Gasteiger partial charge on any atom is -0.468 e. The molecule has 0 radical (unpaired) electrons. The molecule has 0 saturated carbocycles. The van der Waals surface area contributed by atoms with E-state index in [-0.39, 0.29) is 10.8 Å². The summed E-state index contributed by atoms with van der Waals surface area (Å²) in [5, 5.41) is 3.28.